The molecule has 1 saturated heterocycles. The lowest BCUT2D eigenvalue weighted by molar-refractivity contribution is 0.0735. The standard InChI is InChI=1S/C15H18FN5O.ClH/c16-12-4-1-3-11(7-12)9-20-10-14(18-19-20)15(22)21-6-2-5-13(21)8-17;/h1,3-4,7,10,13H,2,5-6,8-9,17H2;1H. The number of nitrogens with zero attached hydrogens (tertiary/aromatic N) is 4. The van der Waals surface area contributed by atoms with Crippen LogP contribution < -0.4 is 5.73 Å². The smallest absolute Gasteiger partial charge is 0.276 e. The molecule has 1 aromatic carbocycles. The Morgan fingerprint density at radius 3 is 3.00 bits per heavy atom. The van der Waals surface area contributed by atoms with E-state index in [4.69, 9.17) is 5.73 Å². The van der Waals surface area contributed by atoms with Gasteiger partial charge in [0.1, 0.15) is 5.82 Å². The molecule has 0 spiro atoms. The molecular weight excluding hydrogens is 321 g/mol. The fourth-order valence-corrected chi connectivity index (χ4v) is 2.79. The van der Waals surface area contributed by atoms with E-state index in [-0.39, 0.29) is 30.2 Å². The minimum Gasteiger partial charge on any atom is -0.333 e. The van der Waals surface area contributed by atoms with E-state index in [1.54, 1.807) is 23.2 Å². The van der Waals surface area contributed by atoms with Gasteiger partial charge in [0, 0.05) is 19.1 Å². The van der Waals surface area contributed by atoms with Crippen LogP contribution in [-0.4, -0.2) is 44.9 Å². The molecule has 1 fully saturated rings. The van der Waals surface area contributed by atoms with Crippen molar-refractivity contribution in [3.05, 3.63) is 47.5 Å². The van der Waals surface area contributed by atoms with Crippen molar-refractivity contribution < 1.29 is 9.18 Å². The number of likely N-dealkylation sites (tertiary alicyclic amines) is 1. The Balaban J connectivity index is 0.00000192. The molecule has 0 radical (unpaired) electrons. The summed E-state index contributed by atoms with van der Waals surface area (Å²) < 4.78 is 14.7. The van der Waals surface area contributed by atoms with Crippen molar-refractivity contribution in [3.63, 3.8) is 0 Å². The van der Waals surface area contributed by atoms with E-state index < -0.39 is 0 Å². The van der Waals surface area contributed by atoms with Crippen LogP contribution >= 0.6 is 12.4 Å². The third-order valence-corrected chi connectivity index (χ3v) is 3.90. The monoisotopic (exact) mass is 339 g/mol. The van der Waals surface area contributed by atoms with Gasteiger partial charge in [-0.05, 0) is 30.5 Å². The van der Waals surface area contributed by atoms with Crippen LogP contribution in [0.3, 0.4) is 0 Å². The van der Waals surface area contributed by atoms with Crippen LogP contribution in [0.2, 0.25) is 0 Å². The first-order chi connectivity index (χ1) is 10.7. The summed E-state index contributed by atoms with van der Waals surface area (Å²) in [6.45, 7) is 1.54. The van der Waals surface area contributed by atoms with Gasteiger partial charge in [0.15, 0.2) is 5.69 Å². The highest BCUT2D eigenvalue weighted by atomic mass is 35.5. The van der Waals surface area contributed by atoms with Gasteiger partial charge in [-0.3, -0.25) is 4.79 Å². The summed E-state index contributed by atoms with van der Waals surface area (Å²) >= 11 is 0. The minimum atomic E-state index is -0.295. The normalized spacial score (nSPS) is 17.1. The highest BCUT2D eigenvalue weighted by Crippen LogP contribution is 2.18. The molecule has 3 rings (SSSR count). The molecule has 1 atom stereocenters. The number of hydrogen-bond donors (Lipinski definition) is 1. The number of halogens is 2. The summed E-state index contributed by atoms with van der Waals surface area (Å²) in [6.07, 6.45) is 3.49. The Kier molecular flexibility index (Phi) is 5.68. The lowest BCUT2D eigenvalue weighted by atomic mass is 10.2. The Hall–Kier alpha value is -1.99. The fraction of sp³-hybridized carbons (Fsp3) is 0.400. The van der Waals surface area contributed by atoms with Crippen molar-refractivity contribution in [2.24, 2.45) is 5.73 Å². The molecule has 2 heterocycles. The maximum absolute atomic E-state index is 13.2. The topological polar surface area (TPSA) is 77.0 Å². The molecule has 1 aliphatic heterocycles. The molecule has 1 amide bonds. The predicted molar refractivity (Wildman–Crippen MR) is 85.9 cm³/mol. The van der Waals surface area contributed by atoms with Crippen LogP contribution in [0.15, 0.2) is 30.5 Å². The molecule has 1 unspecified atom stereocenters. The average molecular weight is 340 g/mol. The third kappa shape index (κ3) is 3.86. The van der Waals surface area contributed by atoms with E-state index in [2.05, 4.69) is 10.3 Å². The molecule has 2 aromatic rings. The second-order valence-electron chi connectivity index (χ2n) is 5.46. The number of carbonyl (C=O) groups excluding carboxylic acids is 1. The lowest BCUT2D eigenvalue weighted by Gasteiger charge is -2.22. The van der Waals surface area contributed by atoms with Crippen LogP contribution in [0.1, 0.15) is 28.9 Å². The lowest BCUT2D eigenvalue weighted by Crippen LogP contribution is -2.40. The summed E-state index contributed by atoms with van der Waals surface area (Å²) in [7, 11) is 0. The van der Waals surface area contributed by atoms with Crippen molar-refractivity contribution >= 4 is 18.3 Å². The highest BCUT2D eigenvalue weighted by molar-refractivity contribution is 5.92. The van der Waals surface area contributed by atoms with Gasteiger partial charge in [-0.2, -0.15) is 0 Å². The van der Waals surface area contributed by atoms with E-state index in [1.807, 2.05) is 0 Å². The zero-order valence-corrected chi connectivity index (χ0v) is 13.4. The van der Waals surface area contributed by atoms with Gasteiger partial charge >= 0.3 is 0 Å². The quantitative estimate of drug-likeness (QED) is 0.914. The van der Waals surface area contributed by atoms with Crippen molar-refractivity contribution in [2.45, 2.75) is 25.4 Å². The molecule has 1 aromatic heterocycles. The molecule has 0 aliphatic carbocycles. The zero-order valence-electron chi connectivity index (χ0n) is 12.6. The van der Waals surface area contributed by atoms with Gasteiger partial charge in [-0.15, -0.1) is 17.5 Å². The van der Waals surface area contributed by atoms with Crippen molar-refractivity contribution in [1.29, 1.82) is 0 Å². The first-order valence-corrected chi connectivity index (χ1v) is 7.33. The Morgan fingerprint density at radius 2 is 2.26 bits per heavy atom. The number of amides is 1. The van der Waals surface area contributed by atoms with Gasteiger partial charge in [-0.25, -0.2) is 9.07 Å². The van der Waals surface area contributed by atoms with E-state index >= 15 is 0 Å². The SMILES string of the molecule is Cl.NCC1CCCN1C(=O)c1cn(Cc2cccc(F)c2)nn1. The average Bonchev–Trinajstić information content (AvgIpc) is 3.15. The summed E-state index contributed by atoms with van der Waals surface area (Å²) in [5.74, 6) is -0.435. The number of benzene rings is 1. The Morgan fingerprint density at radius 1 is 1.43 bits per heavy atom. The van der Waals surface area contributed by atoms with E-state index in [0.717, 1.165) is 18.4 Å². The molecule has 8 heteroatoms. The van der Waals surface area contributed by atoms with Crippen LogP contribution in [0, 0.1) is 5.82 Å². The largest absolute Gasteiger partial charge is 0.333 e. The van der Waals surface area contributed by atoms with Gasteiger partial charge in [0.25, 0.3) is 5.91 Å². The molecular formula is C15H19ClFN5O. The van der Waals surface area contributed by atoms with Gasteiger partial charge in [0.2, 0.25) is 0 Å². The summed E-state index contributed by atoms with van der Waals surface area (Å²) in [5, 5.41) is 7.89. The van der Waals surface area contributed by atoms with Crippen LogP contribution in [0.5, 0.6) is 0 Å². The first kappa shape index (κ1) is 17.4. The van der Waals surface area contributed by atoms with E-state index in [0.29, 0.717) is 25.3 Å². The van der Waals surface area contributed by atoms with Crippen LogP contribution in [0.25, 0.3) is 0 Å². The highest BCUT2D eigenvalue weighted by Gasteiger charge is 2.29. The maximum Gasteiger partial charge on any atom is 0.276 e. The van der Waals surface area contributed by atoms with E-state index in [1.165, 1.54) is 16.8 Å². The van der Waals surface area contributed by atoms with Crippen molar-refractivity contribution in [2.75, 3.05) is 13.1 Å². The number of hydrogen-bond acceptors (Lipinski definition) is 4. The molecule has 0 saturated carbocycles. The summed E-state index contributed by atoms with van der Waals surface area (Å²) in [5.41, 5.74) is 6.76. The third-order valence-electron chi connectivity index (χ3n) is 3.90. The molecule has 0 bridgehead atoms. The molecule has 124 valence electrons. The maximum atomic E-state index is 13.2. The van der Waals surface area contributed by atoms with E-state index in [9.17, 15) is 9.18 Å². The number of rotatable bonds is 4. The fourth-order valence-electron chi connectivity index (χ4n) is 2.79. The minimum absolute atomic E-state index is 0. The van der Waals surface area contributed by atoms with Crippen molar-refractivity contribution in [1.82, 2.24) is 19.9 Å². The molecule has 1 aliphatic rings. The predicted octanol–water partition coefficient (Wildman–Crippen LogP) is 1.45. The van der Waals surface area contributed by atoms with Crippen LogP contribution in [-0.2, 0) is 6.54 Å². The first-order valence-electron chi connectivity index (χ1n) is 7.33. The Labute approximate surface area is 139 Å². The van der Waals surface area contributed by atoms with Gasteiger partial charge in [-0.1, -0.05) is 17.3 Å². The van der Waals surface area contributed by atoms with Crippen LogP contribution in [0.4, 0.5) is 4.39 Å². The second kappa shape index (κ2) is 7.52. The van der Waals surface area contributed by atoms with Gasteiger partial charge < -0.3 is 10.6 Å². The molecule has 6 nitrogen and oxygen atoms in total. The molecule has 23 heavy (non-hydrogen) atoms. The second-order valence-corrected chi connectivity index (χ2v) is 5.46. The molecule has 2 N–H and O–H groups in total. The number of aromatic nitrogens is 3. The number of nitrogens with two attached hydrogens (primary N) is 1. The summed E-state index contributed by atoms with van der Waals surface area (Å²) in [4.78, 5) is 14.2. The summed E-state index contributed by atoms with van der Waals surface area (Å²) in [6, 6.07) is 6.36. The van der Waals surface area contributed by atoms with Gasteiger partial charge in [0.05, 0.1) is 12.7 Å². The number of carbonyl (C=O) groups is 1. The Bertz CT molecular complexity index is 677. The zero-order chi connectivity index (χ0) is 15.5. The van der Waals surface area contributed by atoms with Crippen molar-refractivity contribution in [3.8, 4) is 0 Å².